The maximum Gasteiger partial charge on any atom is 0.130 e. The SMILES string of the molecule is COc1c(C2CCCO2)cccc1C1CCCO1. The van der Waals surface area contributed by atoms with Crippen molar-refractivity contribution < 1.29 is 14.2 Å². The lowest BCUT2D eigenvalue weighted by molar-refractivity contribution is 0.102. The molecule has 0 bridgehead atoms. The van der Waals surface area contributed by atoms with E-state index in [9.17, 15) is 0 Å². The highest BCUT2D eigenvalue weighted by Gasteiger charge is 2.27. The molecule has 2 atom stereocenters. The number of hydrogen-bond donors (Lipinski definition) is 0. The lowest BCUT2D eigenvalue weighted by Gasteiger charge is -2.20. The molecule has 3 heteroatoms. The molecule has 2 unspecified atom stereocenters. The first-order chi connectivity index (χ1) is 8.90. The molecule has 3 nitrogen and oxygen atoms in total. The standard InChI is InChI=1S/C15H20O3/c1-16-15-11(13-7-3-9-17-13)5-2-6-12(15)14-8-4-10-18-14/h2,5-6,13-14H,3-4,7-10H2,1H3. The Morgan fingerprint density at radius 3 is 1.94 bits per heavy atom. The van der Waals surface area contributed by atoms with Crippen molar-refractivity contribution >= 4 is 0 Å². The molecule has 98 valence electrons. The van der Waals surface area contributed by atoms with Crippen LogP contribution < -0.4 is 4.74 Å². The van der Waals surface area contributed by atoms with Crippen LogP contribution in [0.4, 0.5) is 0 Å². The Morgan fingerprint density at radius 2 is 1.56 bits per heavy atom. The van der Waals surface area contributed by atoms with Gasteiger partial charge in [0.1, 0.15) is 5.75 Å². The minimum Gasteiger partial charge on any atom is -0.496 e. The van der Waals surface area contributed by atoms with Gasteiger partial charge in [-0.1, -0.05) is 18.2 Å². The Kier molecular flexibility index (Phi) is 3.52. The molecule has 0 radical (unpaired) electrons. The fourth-order valence-electron chi connectivity index (χ4n) is 2.96. The second-order valence-electron chi connectivity index (χ2n) is 4.97. The van der Waals surface area contributed by atoms with Crippen LogP contribution in [0.5, 0.6) is 5.75 Å². The van der Waals surface area contributed by atoms with Crippen molar-refractivity contribution in [3.8, 4) is 5.75 Å². The van der Waals surface area contributed by atoms with Gasteiger partial charge in [-0.2, -0.15) is 0 Å². The summed E-state index contributed by atoms with van der Waals surface area (Å²) in [5.74, 6) is 0.969. The first-order valence-electron chi connectivity index (χ1n) is 6.80. The molecule has 0 aliphatic carbocycles. The van der Waals surface area contributed by atoms with Gasteiger partial charge in [0.05, 0.1) is 19.3 Å². The van der Waals surface area contributed by atoms with Crippen molar-refractivity contribution in [2.45, 2.75) is 37.9 Å². The van der Waals surface area contributed by atoms with Gasteiger partial charge in [-0.25, -0.2) is 0 Å². The molecule has 1 aromatic carbocycles. The summed E-state index contributed by atoms with van der Waals surface area (Å²) < 4.78 is 17.2. The van der Waals surface area contributed by atoms with Gasteiger partial charge < -0.3 is 14.2 Å². The summed E-state index contributed by atoms with van der Waals surface area (Å²) >= 11 is 0. The maximum absolute atomic E-state index is 5.78. The van der Waals surface area contributed by atoms with Crippen molar-refractivity contribution in [2.75, 3.05) is 20.3 Å². The van der Waals surface area contributed by atoms with E-state index >= 15 is 0 Å². The Hall–Kier alpha value is -1.06. The molecule has 2 aliphatic rings. The van der Waals surface area contributed by atoms with Gasteiger partial charge >= 0.3 is 0 Å². The van der Waals surface area contributed by atoms with Crippen molar-refractivity contribution in [3.05, 3.63) is 29.3 Å². The highest BCUT2D eigenvalue weighted by atomic mass is 16.5. The van der Waals surface area contributed by atoms with Crippen LogP contribution in [0, 0.1) is 0 Å². The van der Waals surface area contributed by atoms with Crippen LogP contribution in [0.2, 0.25) is 0 Å². The van der Waals surface area contributed by atoms with E-state index < -0.39 is 0 Å². The molecule has 2 fully saturated rings. The van der Waals surface area contributed by atoms with Gasteiger partial charge in [0, 0.05) is 24.3 Å². The molecule has 0 spiro atoms. The third-order valence-corrected chi connectivity index (χ3v) is 3.83. The zero-order valence-electron chi connectivity index (χ0n) is 10.9. The Morgan fingerprint density at radius 1 is 1.00 bits per heavy atom. The van der Waals surface area contributed by atoms with Crippen LogP contribution in [-0.4, -0.2) is 20.3 Å². The van der Waals surface area contributed by atoms with Crippen LogP contribution in [0.25, 0.3) is 0 Å². The van der Waals surface area contributed by atoms with Crippen LogP contribution >= 0.6 is 0 Å². The molecule has 2 aliphatic heterocycles. The number of rotatable bonds is 3. The molecule has 2 heterocycles. The van der Waals surface area contributed by atoms with E-state index in [0.29, 0.717) is 0 Å². The van der Waals surface area contributed by atoms with Crippen LogP contribution in [0.3, 0.4) is 0 Å². The van der Waals surface area contributed by atoms with E-state index in [1.54, 1.807) is 7.11 Å². The van der Waals surface area contributed by atoms with Crippen molar-refractivity contribution in [3.63, 3.8) is 0 Å². The van der Waals surface area contributed by atoms with Gasteiger partial charge in [0.2, 0.25) is 0 Å². The summed E-state index contributed by atoms with van der Waals surface area (Å²) in [4.78, 5) is 0. The normalized spacial score (nSPS) is 27.6. The molecular weight excluding hydrogens is 228 g/mol. The monoisotopic (exact) mass is 248 g/mol. The molecule has 0 amide bonds. The number of para-hydroxylation sites is 1. The Labute approximate surface area is 108 Å². The quantitative estimate of drug-likeness (QED) is 0.820. The minimum atomic E-state index is 0.196. The van der Waals surface area contributed by atoms with Crippen LogP contribution in [0.1, 0.15) is 49.0 Å². The second-order valence-corrected chi connectivity index (χ2v) is 4.97. The fraction of sp³-hybridized carbons (Fsp3) is 0.600. The predicted octanol–water partition coefficient (Wildman–Crippen LogP) is 3.40. The lowest BCUT2D eigenvalue weighted by atomic mass is 9.98. The van der Waals surface area contributed by atoms with Crippen molar-refractivity contribution in [1.29, 1.82) is 0 Å². The minimum absolute atomic E-state index is 0.196. The summed E-state index contributed by atoms with van der Waals surface area (Å²) in [7, 11) is 1.74. The van der Waals surface area contributed by atoms with E-state index in [1.807, 2.05) is 0 Å². The number of ether oxygens (including phenoxy) is 3. The molecule has 0 saturated carbocycles. The Balaban J connectivity index is 1.95. The number of benzene rings is 1. The highest BCUT2D eigenvalue weighted by molar-refractivity contribution is 5.44. The van der Waals surface area contributed by atoms with Crippen molar-refractivity contribution in [2.24, 2.45) is 0 Å². The summed E-state index contributed by atoms with van der Waals surface area (Å²) in [6.45, 7) is 1.72. The molecule has 1 aromatic rings. The second kappa shape index (κ2) is 5.29. The van der Waals surface area contributed by atoms with Crippen molar-refractivity contribution in [1.82, 2.24) is 0 Å². The largest absolute Gasteiger partial charge is 0.496 e. The van der Waals surface area contributed by atoms with Gasteiger partial charge in [-0.15, -0.1) is 0 Å². The van der Waals surface area contributed by atoms with Gasteiger partial charge in [0.15, 0.2) is 0 Å². The predicted molar refractivity (Wildman–Crippen MR) is 68.8 cm³/mol. The van der Waals surface area contributed by atoms with Gasteiger partial charge in [-0.3, -0.25) is 0 Å². The smallest absolute Gasteiger partial charge is 0.130 e. The first-order valence-corrected chi connectivity index (χ1v) is 6.80. The van der Waals surface area contributed by atoms with E-state index in [-0.39, 0.29) is 12.2 Å². The average molecular weight is 248 g/mol. The Bertz CT molecular complexity index is 370. The van der Waals surface area contributed by atoms with Crippen LogP contribution in [0.15, 0.2) is 18.2 Å². The zero-order chi connectivity index (χ0) is 12.4. The molecule has 0 aromatic heterocycles. The lowest BCUT2D eigenvalue weighted by Crippen LogP contribution is -2.05. The molecular formula is C15H20O3. The van der Waals surface area contributed by atoms with Gasteiger partial charge in [0.25, 0.3) is 0 Å². The number of methoxy groups -OCH3 is 1. The number of hydrogen-bond acceptors (Lipinski definition) is 3. The molecule has 0 N–H and O–H groups in total. The highest BCUT2D eigenvalue weighted by Crippen LogP contribution is 2.41. The summed E-state index contributed by atoms with van der Waals surface area (Å²) in [5.41, 5.74) is 2.37. The summed E-state index contributed by atoms with van der Waals surface area (Å²) in [5, 5.41) is 0. The maximum atomic E-state index is 5.78. The average Bonchev–Trinajstić information content (AvgIpc) is 3.10. The van der Waals surface area contributed by atoms with Crippen LogP contribution in [-0.2, 0) is 9.47 Å². The third-order valence-electron chi connectivity index (χ3n) is 3.83. The van der Waals surface area contributed by atoms with E-state index in [2.05, 4.69) is 18.2 Å². The van der Waals surface area contributed by atoms with E-state index in [0.717, 1.165) is 44.6 Å². The first kappa shape index (κ1) is 12.0. The topological polar surface area (TPSA) is 27.7 Å². The van der Waals surface area contributed by atoms with Gasteiger partial charge in [-0.05, 0) is 25.7 Å². The van der Waals surface area contributed by atoms with E-state index in [4.69, 9.17) is 14.2 Å². The summed E-state index contributed by atoms with van der Waals surface area (Å²) in [6.07, 6.45) is 4.84. The fourth-order valence-corrected chi connectivity index (χ4v) is 2.96. The molecule has 18 heavy (non-hydrogen) atoms. The molecule has 3 rings (SSSR count). The third kappa shape index (κ3) is 2.13. The van der Waals surface area contributed by atoms with E-state index in [1.165, 1.54) is 11.1 Å². The zero-order valence-corrected chi connectivity index (χ0v) is 10.9. The molecule has 2 saturated heterocycles. The summed E-state index contributed by atoms with van der Waals surface area (Å²) in [6, 6.07) is 6.33.